The maximum Gasteiger partial charge on any atom is 0.223 e. The lowest BCUT2D eigenvalue weighted by Crippen LogP contribution is -2.36. The standard InChI is InChI=1S/C21H26N2O3S/c1-16-3-5-18(6-4-16)26-13-12-22(2)20(24)7-8-21(25)23-11-9-19-17(15-23)10-14-27-19/h3-6,10,14H,7-9,11-13,15H2,1-2H3. The number of carbonyl (C=O) groups excluding carboxylic acids is 2. The van der Waals surface area contributed by atoms with Crippen LogP contribution in [-0.4, -0.2) is 48.4 Å². The minimum atomic E-state index is -0.0240. The van der Waals surface area contributed by atoms with Crippen LogP contribution in [0.3, 0.4) is 0 Å². The molecule has 0 bridgehead atoms. The molecule has 6 heteroatoms. The van der Waals surface area contributed by atoms with Gasteiger partial charge in [0.15, 0.2) is 0 Å². The smallest absolute Gasteiger partial charge is 0.223 e. The molecule has 0 aliphatic carbocycles. The summed E-state index contributed by atoms with van der Waals surface area (Å²) in [5.74, 6) is 0.836. The molecule has 2 amide bonds. The van der Waals surface area contributed by atoms with Crippen molar-refractivity contribution in [2.45, 2.75) is 32.7 Å². The third-order valence-corrected chi connectivity index (χ3v) is 5.88. The highest BCUT2D eigenvalue weighted by atomic mass is 32.1. The molecule has 0 saturated carbocycles. The molecule has 0 atom stereocenters. The zero-order chi connectivity index (χ0) is 19.2. The number of likely N-dealkylation sites (N-methyl/N-ethyl adjacent to an activating group) is 1. The molecule has 27 heavy (non-hydrogen) atoms. The minimum absolute atomic E-state index is 0.0240. The number of thiophene rings is 1. The lowest BCUT2D eigenvalue weighted by Gasteiger charge is -2.27. The Kier molecular flexibility index (Phi) is 6.50. The Morgan fingerprint density at radius 2 is 1.96 bits per heavy atom. The van der Waals surface area contributed by atoms with Crippen LogP contribution in [0.1, 0.15) is 28.8 Å². The number of ether oxygens (including phenoxy) is 1. The number of benzene rings is 1. The molecule has 2 aromatic rings. The van der Waals surface area contributed by atoms with Crippen LogP contribution in [0.15, 0.2) is 35.7 Å². The van der Waals surface area contributed by atoms with E-state index < -0.39 is 0 Å². The zero-order valence-electron chi connectivity index (χ0n) is 15.9. The zero-order valence-corrected chi connectivity index (χ0v) is 16.8. The van der Waals surface area contributed by atoms with Crippen molar-refractivity contribution in [1.29, 1.82) is 0 Å². The van der Waals surface area contributed by atoms with E-state index in [-0.39, 0.29) is 24.7 Å². The first-order valence-electron chi connectivity index (χ1n) is 9.29. The fourth-order valence-corrected chi connectivity index (χ4v) is 3.97. The van der Waals surface area contributed by atoms with Crippen molar-refractivity contribution < 1.29 is 14.3 Å². The average molecular weight is 387 g/mol. The van der Waals surface area contributed by atoms with Crippen molar-refractivity contribution in [2.24, 2.45) is 0 Å². The topological polar surface area (TPSA) is 49.9 Å². The molecule has 1 aliphatic heterocycles. The minimum Gasteiger partial charge on any atom is -0.492 e. The highest BCUT2D eigenvalue weighted by Gasteiger charge is 2.22. The molecule has 1 aromatic heterocycles. The van der Waals surface area contributed by atoms with Crippen LogP contribution in [0, 0.1) is 6.92 Å². The maximum absolute atomic E-state index is 12.4. The summed E-state index contributed by atoms with van der Waals surface area (Å²) in [6.07, 6.45) is 1.43. The van der Waals surface area contributed by atoms with Crippen LogP contribution in [0.4, 0.5) is 0 Å². The molecule has 2 heterocycles. The first-order chi connectivity index (χ1) is 13.0. The van der Waals surface area contributed by atoms with Gasteiger partial charge in [-0.05, 0) is 42.5 Å². The number of amides is 2. The lowest BCUT2D eigenvalue weighted by atomic mass is 10.1. The van der Waals surface area contributed by atoms with Crippen LogP contribution in [0.2, 0.25) is 0 Å². The normalized spacial score (nSPS) is 13.2. The van der Waals surface area contributed by atoms with Gasteiger partial charge in [-0.25, -0.2) is 0 Å². The van der Waals surface area contributed by atoms with Gasteiger partial charge in [-0.1, -0.05) is 17.7 Å². The molecule has 0 spiro atoms. The number of aryl methyl sites for hydroxylation is 1. The second-order valence-electron chi connectivity index (χ2n) is 6.91. The summed E-state index contributed by atoms with van der Waals surface area (Å²) in [5, 5.41) is 2.08. The number of rotatable bonds is 7. The van der Waals surface area contributed by atoms with E-state index >= 15 is 0 Å². The van der Waals surface area contributed by atoms with Crippen molar-refractivity contribution in [3.63, 3.8) is 0 Å². The van der Waals surface area contributed by atoms with E-state index in [2.05, 4.69) is 11.4 Å². The van der Waals surface area contributed by atoms with Gasteiger partial charge in [-0.2, -0.15) is 0 Å². The molecular formula is C21H26N2O3S. The van der Waals surface area contributed by atoms with E-state index in [9.17, 15) is 9.59 Å². The van der Waals surface area contributed by atoms with Crippen molar-refractivity contribution in [3.8, 4) is 5.75 Å². The van der Waals surface area contributed by atoms with E-state index in [4.69, 9.17) is 4.74 Å². The number of hydrogen-bond donors (Lipinski definition) is 0. The highest BCUT2D eigenvalue weighted by molar-refractivity contribution is 7.10. The summed E-state index contributed by atoms with van der Waals surface area (Å²) in [7, 11) is 1.75. The molecule has 1 aliphatic rings. The molecule has 0 saturated heterocycles. The summed E-state index contributed by atoms with van der Waals surface area (Å²) < 4.78 is 5.66. The first kappa shape index (κ1) is 19.4. The number of nitrogens with zero attached hydrogens (tertiary/aromatic N) is 2. The van der Waals surface area contributed by atoms with Crippen molar-refractivity contribution in [2.75, 3.05) is 26.7 Å². The van der Waals surface area contributed by atoms with Crippen LogP contribution in [0.25, 0.3) is 0 Å². The monoisotopic (exact) mass is 386 g/mol. The molecule has 3 rings (SSSR count). The van der Waals surface area contributed by atoms with Crippen LogP contribution in [-0.2, 0) is 22.6 Å². The Bertz CT molecular complexity index is 785. The van der Waals surface area contributed by atoms with E-state index in [1.54, 1.807) is 23.3 Å². The summed E-state index contributed by atoms with van der Waals surface area (Å²) in [6.45, 7) is 4.39. The fraction of sp³-hybridized carbons (Fsp3) is 0.429. The number of hydrogen-bond acceptors (Lipinski definition) is 4. The van der Waals surface area contributed by atoms with Gasteiger partial charge in [-0.3, -0.25) is 9.59 Å². The van der Waals surface area contributed by atoms with Gasteiger partial charge >= 0.3 is 0 Å². The Morgan fingerprint density at radius 1 is 1.19 bits per heavy atom. The highest BCUT2D eigenvalue weighted by Crippen LogP contribution is 2.24. The van der Waals surface area contributed by atoms with E-state index in [0.717, 1.165) is 18.7 Å². The molecule has 0 N–H and O–H groups in total. The van der Waals surface area contributed by atoms with Gasteiger partial charge < -0.3 is 14.5 Å². The van der Waals surface area contributed by atoms with E-state index in [1.807, 2.05) is 36.1 Å². The second-order valence-corrected chi connectivity index (χ2v) is 7.91. The van der Waals surface area contributed by atoms with Crippen LogP contribution >= 0.6 is 11.3 Å². The Labute approximate surface area is 164 Å². The van der Waals surface area contributed by atoms with Gasteiger partial charge in [0.2, 0.25) is 11.8 Å². The predicted octanol–water partition coefficient (Wildman–Crippen LogP) is 3.26. The SMILES string of the molecule is Cc1ccc(OCCN(C)C(=O)CCC(=O)N2CCc3sccc3C2)cc1. The molecule has 1 aromatic carbocycles. The largest absolute Gasteiger partial charge is 0.492 e. The Hall–Kier alpha value is -2.34. The molecule has 0 radical (unpaired) electrons. The molecule has 144 valence electrons. The summed E-state index contributed by atoms with van der Waals surface area (Å²) in [6, 6.07) is 9.93. The van der Waals surface area contributed by atoms with E-state index in [0.29, 0.717) is 19.7 Å². The van der Waals surface area contributed by atoms with Gasteiger partial charge in [0.1, 0.15) is 12.4 Å². The van der Waals surface area contributed by atoms with Gasteiger partial charge in [-0.15, -0.1) is 11.3 Å². The number of fused-ring (bicyclic) bond motifs is 1. The third kappa shape index (κ3) is 5.32. The molecule has 0 unspecified atom stereocenters. The lowest BCUT2D eigenvalue weighted by molar-refractivity contribution is -0.137. The molecular weight excluding hydrogens is 360 g/mol. The van der Waals surface area contributed by atoms with Gasteiger partial charge in [0.25, 0.3) is 0 Å². The summed E-state index contributed by atoms with van der Waals surface area (Å²) in [5.41, 5.74) is 2.43. The van der Waals surface area contributed by atoms with Crippen molar-refractivity contribution >= 4 is 23.2 Å². The Morgan fingerprint density at radius 3 is 2.74 bits per heavy atom. The third-order valence-electron chi connectivity index (χ3n) is 4.86. The summed E-state index contributed by atoms with van der Waals surface area (Å²) in [4.78, 5) is 29.6. The maximum atomic E-state index is 12.4. The quantitative estimate of drug-likeness (QED) is 0.734. The average Bonchev–Trinajstić information content (AvgIpc) is 3.15. The molecule has 0 fully saturated rings. The number of carbonyl (C=O) groups is 2. The first-order valence-corrected chi connectivity index (χ1v) is 10.2. The Balaban J connectivity index is 1.37. The fourth-order valence-electron chi connectivity index (χ4n) is 3.08. The predicted molar refractivity (Wildman–Crippen MR) is 107 cm³/mol. The van der Waals surface area contributed by atoms with Gasteiger partial charge in [0, 0.05) is 37.9 Å². The summed E-state index contributed by atoms with van der Waals surface area (Å²) >= 11 is 1.76. The van der Waals surface area contributed by atoms with Crippen LogP contribution in [0.5, 0.6) is 5.75 Å². The van der Waals surface area contributed by atoms with Crippen LogP contribution < -0.4 is 4.74 Å². The molecule has 5 nitrogen and oxygen atoms in total. The van der Waals surface area contributed by atoms with Crippen molar-refractivity contribution in [3.05, 3.63) is 51.7 Å². The second kappa shape index (κ2) is 9.04. The van der Waals surface area contributed by atoms with Crippen molar-refractivity contribution in [1.82, 2.24) is 9.80 Å². The van der Waals surface area contributed by atoms with Gasteiger partial charge in [0.05, 0.1) is 6.54 Å². The van der Waals surface area contributed by atoms with E-state index in [1.165, 1.54) is 16.0 Å².